The van der Waals surface area contributed by atoms with Crippen LogP contribution in [0.15, 0.2) is 48.7 Å². The van der Waals surface area contributed by atoms with E-state index in [9.17, 15) is 22.8 Å². The van der Waals surface area contributed by atoms with E-state index in [1.54, 1.807) is 24.4 Å². The minimum absolute atomic E-state index is 0.0166. The summed E-state index contributed by atoms with van der Waals surface area (Å²) in [6, 6.07) is 10.4. The summed E-state index contributed by atoms with van der Waals surface area (Å²) >= 11 is 0. The summed E-state index contributed by atoms with van der Waals surface area (Å²) in [5.41, 5.74) is 0.424. The lowest BCUT2D eigenvalue weighted by Crippen LogP contribution is -2.45. The van der Waals surface area contributed by atoms with Gasteiger partial charge in [0.25, 0.3) is 5.91 Å². The van der Waals surface area contributed by atoms with Crippen molar-refractivity contribution in [2.45, 2.75) is 52.4 Å². The molecule has 2 aromatic carbocycles. The first kappa shape index (κ1) is 33.1. The molecule has 1 aromatic heterocycles. The van der Waals surface area contributed by atoms with E-state index in [0.717, 1.165) is 37.7 Å². The van der Waals surface area contributed by atoms with Crippen LogP contribution in [0, 0.1) is 6.92 Å². The van der Waals surface area contributed by atoms with Crippen LogP contribution in [-0.2, 0) is 17.5 Å². The lowest BCUT2D eigenvalue weighted by Gasteiger charge is -2.34. The molecule has 2 amide bonds. The SMILES string of the molecule is CCC(=O)N1CC[C@H](Nc2nccc(Oc3cc(C(=O)Nc4ccc(CN5CCN(CC)CC5)c(C(F)(F)F)c4)ccc3C)n2)C1. The van der Waals surface area contributed by atoms with Crippen molar-refractivity contribution in [3.05, 3.63) is 70.9 Å². The lowest BCUT2D eigenvalue weighted by atomic mass is 10.0. The van der Waals surface area contributed by atoms with Gasteiger partial charge in [-0.2, -0.15) is 18.2 Å². The molecule has 2 saturated heterocycles. The van der Waals surface area contributed by atoms with Crippen molar-refractivity contribution in [3.8, 4) is 11.6 Å². The van der Waals surface area contributed by atoms with Crippen molar-refractivity contribution >= 4 is 23.5 Å². The average Bonchev–Trinajstić information content (AvgIpc) is 3.51. The number of hydrogen-bond donors (Lipinski definition) is 2. The topological polar surface area (TPSA) is 103 Å². The predicted molar refractivity (Wildman–Crippen MR) is 169 cm³/mol. The minimum Gasteiger partial charge on any atom is -0.439 e. The normalized spacial score (nSPS) is 17.6. The first-order valence-electron chi connectivity index (χ1n) is 15.6. The van der Waals surface area contributed by atoms with Crippen LogP contribution >= 0.6 is 0 Å². The number of rotatable bonds is 10. The van der Waals surface area contributed by atoms with Gasteiger partial charge in [-0.3, -0.25) is 14.5 Å². The van der Waals surface area contributed by atoms with E-state index in [2.05, 4.69) is 32.4 Å². The number of nitrogens with zero attached hydrogens (tertiary/aromatic N) is 5. The number of likely N-dealkylation sites (tertiary alicyclic amines) is 1. The molecule has 10 nitrogen and oxygen atoms in total. The third-order valence-corrected chi connectivity index (χ3v) is 8.45. The molecule has 2 fully saturated rings. The Hall–Kier alpha value is -4.23. The average molecular weight is 640 g/mol. The van der Waals surface area contributed by atoms with E-state index >= 15 is 0 Å². The number of hydrogen-bond acceptors (Lipinski definition) is 8. The van der Waals surface area contributed by atoms with Gasteiger partial charge in [0.2, 0.25) is 17.7 Å². The summed E-state index contributed by atoms with van der Waals surface area (Å²) in [5, 5.41) is 5.86. The Balaban J connectivity index is 1.25. The van der Waals surface area contributed by atoms with Gasteiger partial charge in [0.1, 0.15) is 5.75 Å². The number of ether oxygens (including phenoxy) is 1. The van der Waals surface area contributed by atoms with Gasteiger partial charge in [0, 0.05) is 81.8 Å². The largest absolute Gasteiger partial charge is 0.439 e. The number of halogens is 3. The number of aromatic nitrogens is 2. The number of piperazine rings is 1. The van der Waals surface area contributed by atoms with E-state index < -0.39 is 17.6 Å². The number of nitrogens with one attached hydrogen (secondary N) is 2. The highest BCUT2D eigenvalue weighted by molar-refractivity contribution is 6.04. The second-order valence-corrected chi connectivity index (χ2v) is 11.7. The number of benzene rings is 2. The Morgan fingerprint density at radius 3 is 2.48 bits per heavy atom. The summed E-state index contributed by atoms with van der Waals surface area (Å²) < 4.78 is 48.3. The zero-order valence-electron chi connectivity index (χ0n) is 26.4. The molecule has 2 N–H and O–H groups in total. The van der Waals surface area contributed by atoms with Crippen molar-refractivity contribution in [1.29, 1.82) is 0 Å². The van der Waals surface area contributed by atoms with Crippen molar-refractivity contribution in [3.63, 3.8) is 0 Å². The molecule has 46 heavy (non-hydrogen) atoms. The molecule has 0 spiro atoms. The number of amides is 2. The predicted octanol–water partition coefficient (Wildman–Crippen LogP) is 5.41. The standard InChI is InChI=1S/C33H40F3N7O3/c1-4-30(44)43-13-11-26(21-43)39-32-37-12-10-29(40-32)46-28-18-23(7-6-22(28)3)31(45)38-25-9-8-24(27(19-25)33(34,35)36)20-42-16-14-41(5-2)15-17-42/h6-10,12,18-19,26H,4-5,11,13-17,20-21H2,1-3H3,(H,38,45)(H,37,39,40)/t26-/m0/s1. The molecule has 5 rings (SSSR count). The van der Waals surface area contributed by atoms with E-state index in [0.29, 0.717) is 44.3 Å². The fraction of sp³-hybridized carbons (Fsp3) is 0.455. The summed E-state index contributed by atoms with van der Waals surface area (Å²) in [4.78, 5) is 40.0. The molecule has 3 heterocycles. The number of alkyl halides is 3. The summed E-state index contributed by atoms with van der Waals surface area (Å²) in [5.74, 6) is 0.508. The lowest BCUT2D eigenvalue weighted by molar-refractivity contribution is -0.138. The fourth-order valence-corrected chi connectivity index (χ4v) is 5.71. The molecule has 0 saturated carbocycles. The Morgan fingerprint density at radius 1 is 1.00 bits per heavy atom. The van der Waals surface area contributed by atoms with Crippen LogP contribution in [0.5, 0.6) is 11.6 Å². The van der Waals surface area contributed by atoms with Gasteiger partial charge in [0.05, 0.1) is 5.56 Å². The highest BCUT2D eigenvalue weighted by atomic mass is 19.4. The maximum atomic E-state index is 14.1. The summed E-state index contributed by atoms with van der Waals surface area (Å²) in [6.07, 6.45) is -1.78. The number of aryl methyl sites for hydroxylation is 1. The molecular weight excluding hydrogens is 599 g/mol. The third-order valence-electron chi connectivity index (χ3n) is 8.45. The van der Waals surface area contributed by atoms with Gasteiger partial charge in [-0.15, -0.1) is 0 Å². The molecule has 3 aromatic rings. The van der Waals surface area contributed by atoms with E-state index in [1.165, 1.54) is 18.2 Å². The van der Waals surface area contributed by atoms with Crippen molar-refractivity contribution < 1.29 is 27.5 Å². The quantitative estimate of drug-likeness (QED) is 0.304. The van der Waals surface area contributed by atoms with Gasteiger partial charge in [-0.05, 0) is 55.3 Å². The minimum atomic E-state index is -4.57. The maximum absolute atomic E-state index is 14.1. The summed E-state index contributed by atoms with van der Waals surface area (Å²) in [7, 11) is 0. The second kappa shape index (κ2) is 14.5. The second-order valence-electron chi connectivity index (χ2n) is 11.7. The van der Waals surface area contributed by atoms with Crippen LogP contribution in [0.4, 0.5) is 24.8 Å². The van der Waals surface area contributed by atoms with Crippen molar-refractivity contribution in [2.75, 3.05) is 56.4 Å². The Morgan fingerprint density at radius 2 is 1.76 bits per heavy atom. The first-order valence-corrected chi connectivity index (χ1v) is 15.6. The molecule has 2 aliphatic rings. The highest BCUT2D eigenvalue weighted by Gasteiger charge is 2.34. The van der Waals surface area contributed by atoms with Crippen LogP contribution in [0.3, 0.4) is 0 Å². The van der Waals surface area contributed by atoms with Crippen LogP contribution in [0.25, 0.3) is 0 Å². The van der Waals surface area contributed by atoms with Crippen LogP contribution in [0.1, 0.15) is 53.7 Å². The monoisotopic (exact) mass is 639 g/mol. The highest BCUT2D eigenvalue weighted by Crippen LogP contribution is 2.35. The Bertz CT molecular complexity index is 1540. The van der Waals surface area contributed by atoms with Gasteiger partial charge in [0.15, 0.2) is 0 Å². The van der Waals surface area contributed by atoms with Crippen LogP contribution in [-0.4, -0.2) is 88.3 Å². The molecule has 1 atom stereocenters. The zero-order valence-corrected chi connectivity index (χ0v) is 26.4. The van der Waals surface area contributed by atoms with E-state index in [1.807, 2.05) is 23.6 Å². The number of carbonyl (C=O) groups excluding carboxylic acids is 2. The maximum Gasteiger partial charge on any atom is 0.416 e. The van der Waals surface area contributed by atoms with Gasteiger partial charge in [-0.1, -0.05) is 26.0 Å². The molecule has 0 aliphatic carbocycles. The molecule has 2 aliphatic heterocycles. The van der Waals surface area contributed by atoms with E-state index in [4.69, 9.17) is 4.74 Å². The van der Waals surface area contributed by atoms with Crippen LogP contribution in [0.2, 0.25) is 0 Å². The van der Waals surface area contributed by atoms with Crippen molar-refractivity contribution in [1.82, 2.24) is 24.7 Å². The van der Waals surface area contributed by atoms with Gasteiger partial charge >= 0.3 is 6.18 Å². The Kier molecular flexibility index (Phi) is 10.4. The van der Waals surface area contributed by atoms with E-state index in [-0.39, 0.29) is 41.2 Å². The third kappa shape index (κ3) is 8.32. The molecule has 0 radical (unpaired) electrons. The molecular formula is C33H40F3N7O3. The molecule has 0 unspecified atom stereocenters. The number of likely N-dealkylation sites (N-methyl/N-ethyl adjacent to an activating group) is 1. The summed E-state index contributed by atoms with van der Waals surface area (Å²) in [6.45, 7) is 11.1. The fourth-order valence-electron chi connectivity index (χ4n) is 5.71. The molecule has 13 heteroatoms. The number of carbonyl (C=O) groups is 2. The number of anilines is 2. The Labute approximate surface area is 266 Å². The van der Waals surface area contributed by atoms with Gasteiger partial charge < -0.3 is 25.2 Å². The smallest absolute Gasteiger partial charge is 0.416 e. The molecule has 0 bridgehead atoms. The van der Waals surface area contributed by atoms with Crippen molar-refractivity contribution in [2.24, 2.45) is 0 Å². The first-order chi connectivity index (χ1) is 22.0. The zero-order chi connectivity index (χ0) is 32.8. The van der Waals surface area contributed by atoms with Gasteiger partial charge in [-0.25, -0.2) is 4.98 Å². The van der Waals surface area contributed by atoms with Crippen LogP contribution < -0.4 is 15.4 Å². The molecule has 246 valence electrons.